The molecule has 0 unspecified atom stereocenters. The van der Waals surface area contributed by atoms with Crippen molar-refractivity contribution in [1.82, 2.24) is 9.97 Å². The van der Waals surface area contributed by atoms with Crippen molar-refractivity contribution in [3.8, 4) is 34.3 Å². The summed E-state index contributed by atoms with van der Waals surface area (Å²) in [6.45, 7) is 1.82. The zero-order valence-electron chi connectivity index (χ0n) is 33.0. The van der Waals surface area contributed by atoms with Crippen LogP contribution in [0.2, 0.25) is 0 Å². The molecule has 0 aliphatic heterocycles. The molecule has 12 nitrogen and oxygen atoms in total. The third-order valence-electron chi connectivity index (χ3n) is 11.1. The number of aromatic hydroxyl groups is 2. The van der Waals surface area contributed by atoms with E-state index in [2.05, 4.69) is 0 Å². The number of carbonyl (C=O) groups is 4. The molecule has 12 heteroatoms. The second kappa shape index (κ2) is 19.0. The minimum Gasteiger partial charge on any atom is -0.508 e. The molecule has 0 saturated heterocycles. The zero-order chi connectivity index (χ0) is 41.3. The highest BCUT2D eigenvalue weighted by Gasteiger charge is 2.32. The van der Waals surface area contributed by atoms with Gasteiger partial charge in [-0.05, 0) is 119 Å². The molecule has 2 N–H and O–H groups in total. The van der Waals surface area contributed by atoms with Gasteiger partial charge in [-0.3, -0.25) is 19.2 Å². The van der Waals surface area contributed by atoms with Gasteiger partial charge in [0, 0.05) is 18.4 Å². The van der Waals surface area contributed by atoms with Gasteiger partial charge in [-0.25, -0.2) is 9.97 Å². The fraction of sp³-hybridized carbons (Fsp3) is 0.362. The molecule has 1 aromatic heterocycles. The molecule has 0 spiro atoms. The first-order chi connectivity index (χ1) is 28.6. The Balaban J connectivity index is 0.968. The number of hydrogen-bond acceptors (Lipinski definition) is 12. The number of phenolic OH excluding ortho intramolecular Hbond substituents is 2. The summed E-state index contributed by atoms with van der Waals surface area (Å²) in [5, 5.41) is 19.0. The third kappa shape index (κ3) is 10.8. The van der Waals surface area contributed by atoms with Gasteiger partial charge in [0.2, 0.25) is 0 Å². The Bertz CT molecular complexity index is 2260. The molecule has 2 fully saturated rings. The Morgan fingerprint density at radius 1 is 0.559 bits per heavy atom. The van der Waals surface area contributed by atoms with E-state index in [-0.39, 0.29) is 65.5 Å². The maximum absolute atomic E-state index is 13.6. The highest BCUT2D eigenvalue weighted by atomic mass is 16.6. The van der Waals surface area contributed by atoms with Crippen LogP contribution in [0.15, 0.2) is 91.0 Å². The van der Waals surface area contributed by atoms with Crippen molar-refractivity contribution in [2.24, 2.45) is 11.8 Å². The minimum absolute atomic E-state index is 0.172. The average Bonchev–Trinajstić information content (AvgIpc) is 3.24. The summed E-state index contributed by atoms with van der Waals surface area (Å²) >= 11 is 0. The number of hydrogen-bond donors (Lipinski definition) is 2. The smallest absolute Gasteiger partial charge is 0.314 e. The Morgan fingerprint density at radius 2 is 0.983 bits per heavy atom. The SMILES string of the molecule is Cc1nc2c(OC(=O)C3CCC(OC(=O)CCc4ccc(O)cc4)CC3)ccc(OC(=O)C3CCC(OC(=O)CCc4ccc(O)cc4)CC3)c2nc1-c1ccccc1. The molecule has 2 aliphatic carbocycles. The van der Waals surface area contributed by atoms with Crippen molar-refractivity contribution < 1.29 is 48.3 Å². The fourth-order valence-corrected chi connectivity index (χ4v) is 7.73. The maximum atomic E-state index is 13.6. The average molecular weight is 801 g/mol. The van der Waals surface area contributed by atoms with Gasteiger partial charge in [0.1, 0.15) is 34.7 Å². The largest absolute Gasteiger partial charge is 0.508 e. The van der Waals surface area contributed by atoms with Gasteiger partial charge in [-0.15, -0.1) is 0 Å². The van der Waals surface area contributed by atoms with Crippen molar-refractivity contribution in [3.63, 3.8) is 0 Å². The number of aromatic nitrogens is 2. The first kappa shape index (κ1) is 40.9. The molecule has 7 rings (SSSR count). The Kier molecular flexibility index (Phi) is 13.1. The van der Waals surface area contributed by atoms with E-state index in [0.29, 0.717) is 81.1 Å². The Hall–Kier alpha value is -6.30. The maximum Gasteiger partial charge on any atom is 0.314 e. The van der Waals surface area contributed by atoms with Gasteiger partial charge in [0.25, 0.3) is 0 Å². The van der Waals surface area contributed by atoms with Crippen molar-refractivity contribution in [1.29, 1.82) is 0 Å². The number of benzene rings is 4. The van der Waals surface area contributed by atoms with Crippen LogP contribution in [0.3, 0.4) is 0 Å². The number of esters is 4. The van der Waals surface area contributed by atoms with Gasteiger partial charge in [0.05, 0.1) is 23.2 Å². The highest BCUT2D eigenvalue weighted by Crippen LogP contribution is 2.37. The number of phenols is 2. The van der Waals surface area contributed by atoms with Crippen LogP contribution in [0.25, 0.3) is 22.3 Å². The van der Waals surface area contributed by atoms with E-state index in [9.17, 15) is 29.4 Å². The monoisotopic (exact) mass is 800 g/mol. The Labute approximate surface area is 342 Å². The zero-order valence-corrected chi connectivity index (χ0v) is 33.0. The first-order valence-corrected chi connectivity index (χ1v) is 20.3. The lowest BCUT2D eigenvalue weighted by Crippen LogP contribution is -2.30. The number of carbonyl (C=O) groups excluding carboxylic acids is 4. The van der Waals surface area contributed by atoms with Crippen LogP contribution in [-0.4, -0.2) is 56.3 Å². The number of aryl methyl sites for hydroxylation is 3. The van der Waals surface area contributed by atoms with Crippen molar-refractivity contribution in [3.05, 3.63) is 108 Å². The quantitative estimate of drug-likeness (QED) is 0.0864. The Morgan fingerprint density at radius 3 is 1.42 bits per heavy atom. The lowest BCUT2D eigenvalue weighted by molar-refractivity contribution is -0.153. The van der Waals surface area contributed by atoms with Crippen molar-refractivity contribution in [2.75, 3.05) is 0 Å². The summed E-state index contributed by atoms with van der Waals surface area (Å²) in [7, 11) is 0. The summed E-state index contributed by atoms with van der Waals surface area (Å²) < 4.78 is 23.4. The van der Waals surface area contributed by atoms with E-state index in [0.717, 1.165) is 16.7 Å². The van der Waals surface area contributed by atoms with Gasteiger partial charge in [0.15, 0.2) is 11.5 Å². The van der Waals surface area contributed by atoms with Crippen LogP contribution in [0.4, 0.5) is 0 Å². The second-order valence-electron chi connectivity index (χ2n) is 15.4. The van der Waals surface area contributed by atoms with Crippen LogP contribution < -0.4 is 9.47 Å². The van der Waals surface area contributed by atoms with E-state index in [1.165, 1.54) is 0 Å². The molecule has 0 bridgehead atoms. The van der Waals surface area contributed by atoms with Crippen molar-refractivity contribution in [2.45, 2.75) is 96.2 Å². The molecule has 0 atom stereocenters. The first-order valence-electron chi connectivity index (χ1n) is 20.3. The summed E-state index contributed by atoms with van der Waals surface area (Å²) in [6.07, 6.45) is 4.99. The van der Waals surface area contributed by atoms with E-state index >= 15 is 0 Å². The molecule has 59 heavy (non-hydrogen) atoms. The van der Waals surface area contributed by atoms with Gasteiger partial charge < -0.3 is 29.2 Å². The topological polar surface area (TPSA) is 171 Å². The molecule has 306 valence electrons. The second-order valence-corrected chi connectivity index (χ2v) is 15.4. The standard InChI is InChI=1S/C47H48N2O10/c1-29-43(32-5-3-2-4-6-32)49-45-40(59-47(55)34-15-23-38(24-16-34)57-42(53)28-12-31-9-19-36(51)20-10-31)26-25-39(44(45)48-29)58-46(54)33-13-21-37(22-14-33)56-41(52)27-11-30-7-17-35(50)18-8-30/h2-10,17-20,25-26,33-34,37-38,50-51H,11-16,21-24,27-28H2,1H3. The summed E-state index contributed by atoms with van der Waals surface area (Å²) in [4.78, 5) is 62.0. The normalized spacial score (nSPS) is 19.1. The van der Waals surface area contributed by atoms with Gasteiger partial charge >= 0.3 is 23.9 Å². The van der Waals surface area contributed by atoms with Crippen LogP contribution in [0, 0.1) is 18.8 Å². The summed E-state index contributed by atoms with van der Waals surface area (Å²) in [5.41, 5.74) is 4.47. The molecule has 0 radical (unpaired) electrons. The molecule has 2 saturated carbocycles. The lowest BCUT2D eigenvalue weighted by Gasteiger charge is -2.27. The predicted octanol–water partition coefficient (Wildman–Crippen LogP) is 8.30. The lowest BCUT2D eigenvalue weighted by atomic mass is 9.87. The number of nitrogens with zero attached hydrogens (tertiary/aromatic N) is 2. The van der Waals surface area contributed by atoms with E-state index < -0.39 is 23.8 Å². The summed E-state index contributed by atoms with van der Waals surface area (Å²) in [6, 6.07) is 26.1. The molecular weight excluding hydrogens is 753 g/mol. The minimum atomic E-state index is -0.422. The predicted molar refractivity (Wildman–Crippen MR) is 218 cm³/mol. The van der Waals surface area contributed by atoms with Crippen LogP contribution in [0.5, 0.6) is 23.0 Å². The third-order valence-corrected chi connectivity index (χ3v) is 11.1. The molecule has 1 heterocycles. The highest BCUT2D eigenvalue weighted by molar-refractivity contribution is 5.92. The summed E-state index contributed by atoms with van der Waals surface area (Å²) in [5.74, 6) is -1.50. The van der Waals surface area contributed by atoms with E-state index in [4.69, 9.17) is 28.9 Å². The molecular formula is C47H48N2O10. The molecule has 2 aliphatic rings. The van der Waals surface area contributed by atoms with Crippen LogP contribution >= 0.6 is 0 Å². The van der Waals surface area contributed by atoms with Gasteiger partial charge in [-0.2, -0.15) is 0 Å². The molecule has 5 aromatic rings. The van der Waals surface area contributed by atoms with Crippen LogP contribution in [0.1, 0.15) is 81.0 Å². The number of ether oxygens (including phenoxy) is 4. The van der Waals surface area contributed by atoms with Crippen molar-refractivity contribution >= 4 is 34.9 Å². The number of fused-ring (bicyclic) bond motifs is 1. The fourth-order valence-electron chi connectivity index (χ4n) is 7.73. The van der Waals surface area contributed by atoms with E-state index in [1.807, 2.05) is 37.3 Å². The number of rotatable bonds is 13. The van der Waals surface area contributed by atoms with Crippen LogP contribution in [-0.2, 0) is 41.5 Å². The molecule has 0 amide bonds. The van der Waals surface area contributed by atoms with E-state index in [1.54, 1.807) is 60.7 Å². The van der Waals surface area contributed by atoms with Gasteiger partial charge in [-0.1, -0.05) is 54.6 Å². The molecule has 4 aromatic carbocycles.